The number of rotatable bonds is 5. The molecule has 1 N–H and O–H groups in total. The number of likely N-dealkylation sites (tertiary alicyclic amines) is 1. The number of aliphatic imine (C=N–C) groups is 1. The maximum atomic E-state index is 5.51. The standard InChI is InChI=1S/C19H35N5O.HI/c1-20-19(21-12-16-4-6-24(14-16)18-2-3-18)23-9-7-22(8-10-23)13-17-5-11-25-15-17;/h16-18H,2-15H2,1H3,(H,20,21);1H. The lowest BCUT2D eigenvalue weighted by atomic mass is 10.1. The summed E-state index contributed by atoms with van der Waals surface area (Å²) in [4.78, 5) is 12.3. The van der Waals surface area contributed by atoms with Crippen LogP contribution in [0.3, 0.4) is 0 Å². The predicted molar refractivity (Wildman–Crippen MR) is 116 cm³/mol. The summed E-state index contributed by atoms with van der Waals surface area (Å²) in [5, 5.41) is 3.66. The van der Waals surface area contributed by atoms with E-state index in [1.54, 1.807) is 0 Å². The molecule has 2 atom stereocenters. The second-order valence-electron chi connectivity index (χ2n) is 8.33. The topological polar surface area (TPSA) is 43.3 Å². The third-order valence-electron chi connectivity index (χ3n) is 6.35. The summed E-state index contributed by atoms with van der Waals surface area (Å²) in [7, 11) is 1.93. The molecule has 0 spiro atoms. The average molecular weight is 477 g/mol. The fourth-order valence-electron chi connectivity index (χ4n) is 4.60. The molecule has 0 radical (unpaired) electrons. The van der Waals surface area contributed by atoms with Gasteiger partial charge in [0.25, 0.3) is 0 Å². The van der Waals surface area contributed by atoms with Gasteiger partial charge in [0.15, 0.2) is 5.96 Å². The van der Waals surface area contributed by atoms with E-state index in [-0.39, 0.29) is 24.0 Å². The van der Waals surface area contributed by atoms with Gasteiger partial charge in [-0.3, -0.25) is 9.89 Å². The Hall–Kier alpha value is -0.120. The Bertz CT molecular complexity index is 459. The Morgan fingerprint density at radius 3 is 2.50 bits per heavy atom. The fourth-order valence-corrected chi connectivity index (χ4v) is 4.60. The summed E-state index contributed by atoms with van der Waals surface area (Å²) >= 11 is 0. The van der Waals surface area contributed by atoms with Crippen LogP contribution in [0.5, 0.6) is 0 Å². The first-order chi connectivity index (χ1) is 12.3. The molecule has 0 amide bonds. The van der Waals surface area contributed by atoms with Crippen LogP contribution in [0.4, 0.5) is 0 Å². The lowest BCUT2D eigenvalue weighted by Gasteiger charge is -2.37. The van der Waals surface area contributed by atoms with Crippen molar-refractivity contribution in [3.8, 4) is 0 Å². The van der Waals surface area contributed by atoms with E-state index in [9.17, 15) is 0 Å². The first-order valence-electron chi connectivity index (χ1n) is 10.3. The Morgan fingerprint density at radius 1 is 1.04 bits per heavy atom. The van der Waals surface area contributed by atoms with E-state index in [4.69, 9.17) is 4.74 Å². The van der Waals surface area contributed by atoms with Gasteiger partial charge in [0.05, 0.1) is 6.61 Å². The van der Waals surface area contributed by atoms with Crippen LogP contribution in [0, 0.1) is 11.8 Å². The number of nitrogens with zero attached hydrogens (tertiary/aromatic N) is 4. The predicted octanol–water partition coefficient (Wildman–Crippen LogP) is 1.32. The van der Waals surface area contributed by atoms with Crippen LogP contribution in [0.15, 0.2) is 4.99 Å². The molecule has 26 heavy (non-hydrogen) atoms. The molecule has 150 valence electrons. The number of piperazine rings is 1. The molecule has 4 fully saturated rings. The molecule has 7 heteroatoms. The van der Waals surface area contributed by atoms with Gasteiger partial charge in [0.1, 0.15) is 0 Å². The van der Waals surface area contributed by atoms with E-state index in [1.165, 1.54) is 45.3 Å². The van der Waals surface area contributed by atoms with Gasteiger partial charge in [-0.2, -0.15) is 0 Å². The second-order valence-corrected chi connectivity index (χ2v) is 8.33. The molecule has 1 saturated carbocycles. The summed E-state index contributed by atoms with van der Waals surface area (Å²) in [6, 6.07) is 0.919. The van der Waals surface area contributed by atoms with Crippen molar-refractivity contribution in [2.75, 3.05) is 72.6 Å². The molecule has 2 unspecified atom stereocenters. The molecule has 1 aliphatic carbocycles. The molecule has 0 aromatic rings. The number of guanidine groups is 1. The van der Waals surface area contributed by atoms with Crippen LogP contribution in [-0.2, 0) is 4.74 Å². The molecule has 3 saturated heterocycles. The van der Waals surface area contributed by atoms with E-state index in [1.807, 2.05) is 7.05 Å². The summed E-state index contributed by atoms with van der Waals surface area (Å²) in [6.07, 6.45) is 5.44. The second kappa shape index (κ2) is 9.89. The van der Waals surface area contributed by atoms with Crippen LogP contribution in [0.2, 0.25) is 0 Å². The Kier molecular flexibility index (Phi) is 7.84. The van der Waals surface area contributed by atoms with Gasteiger partial charge < -0.3 is 19.9 Å². The zero-order chi connectivity index (χ0) is 17.1. The van der Waals surface area contributed by atoms with Gasteiger partial charge in [-0.05, 0) is 44.1 Å². The zero-order valence-corrected chi connectivity index (χ0v) is 18.6. The van der Waals surface area contributed by atoms with Gasteiger partial charge in [-0.15, -0.1) is 24.0 Å². The summed E-state index contributed by atoms with van der Waals surface area (Å²) < 4.78 is 5.51. The van der Waals surface area contributed by atoms with E-state index >= 15 is 0 Å². The first-order valence-corrected chi connectivity index (χ1v) is 10.3. The van der Waals surface area contributed by atoms with Crippen molar-refractivity contribution >= 4 is 29.9 Å². The van der Waals surface area contributed by atoms with Crippen molar-refractivity contribution in [3.05, 3.63) is 0 Å². The zero-order valence-electron chi connectivity index (χ0n) is 16.2. The normalized spacial score (nSPS) is 31.3. The van der Waals surface area contributed by atoms with Crippen LogP contribution in [0.25, 0.3) is 0 Å². The SMILES string of the molecule is CN=C(NCC1CCN(C2CC2)C1)N1CCN(CC2CCOC2)CC1.I. The number of halogens is 1. The Morgan fingerprint density at radius 2 is 1.85 bits per heavy atom. The largest absolute Gasteiger partial charge is 0.381 e. The van der Waals surface area contributed by atoms with Crippen LogP contribution in [-0.4, -0.2) is 99.3 Å². The average Bonchev–Trinajstić information content (AvgIpc) is 3.16. The van der Waals surface area contributed by atoms with Crippen LogP contribution >= 0.6 is 24.0 Å². The van der Waals surface area contributed by atoms with E-state index in [2.05, 4.69) is 25.0 Å². The fraction of sp³-hybridized carbons (Fsp3) is 0.947. The summed E-state index contributed by atoms with van der Waals surface area (Å²) in [5.41, 5.74) is 0. The van der Waals surface area contributed by atoms with Gasteiger partial charge in [-0.25, -0.2) is 0 Å². The van der Waals surface area contributed by atoms with E-state index in [0.29, 0.717) is 0 Å². The van der Waals surface area contributed by atoms with Crippen LogP contribution in [0.1, 0.15) is 25.7 Å². The maximum Gasteiger partial charge on any atom is 0.193 e. The molecule has 0 aromatic carbocycles. The Balaban J connectivity index is 0.00000196. The van der Waals surface area contributed by atoms with Crippen molar-refractivity contribution in [2.45, 2.75) is 31.7 Å². The van der Waals surface area contributed by atoms with E-state index in [0.717, 1.165) is 69.8 Å². The minimum Gasteiger partial charge on any atom is -0.381 e. The molecule has 4 rings (SSSR count). The third-order valence-corrected chi connectivity index (χ3v) is 6.35. The number of nitrogens with one attached hydrogen (secondary N) is 1. The maximum absolute atomic E-state index is 5.51. The number of ether oxygens (including phenoxy) is 1. The number of hydrogen-bond donors (Lipinski definition) is 1. The van der Waals surface area contributed by atoms with Crippen LogP contribution < -0.4 is 5.32 Å². The minimum atomic E-state index is 0. The molecule has 4 aliphatic rings. The smallest absolute Gasteiger partial charge is 0.193 e. The first kappa shape index (κ1) is 20.6. The van der Waals surface area contributed by atoms with Gasteiger partial charge in [0.2, 0.25) is 0 Å². The monoisotopic (exact) mass is 477 g/mol. The molecule has 6 nitrogen and oxygen atoms in total. The highest BCUT2D eigenvalue weighted by Gasteiger charge is 2.34. The molecule has 3 heterocycles. The molecule has 0 bridgehead atoms. The minimum absolute atomic E-state index is 0. The highest BCUT2D eigenvalue weighted by atomic mass is 127. The molecular weight excluding hydrogens is 441 g/mol. The molecule has 3 aliphatic heterocycles. The summed E-state index contributed by atoms with van der Waals surface area (Å²) in [5.74, 6) is 2.65. The number of hydrogen-bond acceptors (Lipinski definition) is 4. The van der Waals surface area contributed by atoms with Gasteiger partial charge in [0, 0.05) is 65.5 Å². The molecule has 0 aromatic heterocycles. The summed E-state index contributed by atoms with van der Waals surface area (Å²) in [6.45, 7) is 11.3. The Labute approximate surface area is 175 Å². The van der Waals surface area contributed by atoms with Gasteiger partial charge in [-0.1, -0.05) is 0 Å². The van der Waals surface area contributed by atoms with Gasteiger partial charge >= 0.3 is 0 Å². The lowest BCUT2D eigenvalue weighted by molar-refractivity contribution is 0.139. The van der Waals surface area contributed by atoms with Crippen molar-refractivity contribution in [2.24, 2.45) is 16.8 Å². The molecular formula is C19H36IN5O. The third kappa shape index (κ3) is 5.45. The quantitative estimate of drug-likeness (QED) is 0.368. The highest BCUT2D eigenvalue weighted by Crippen LogP contribution is 2.31. The van der Waals surface area contributed by atoms with Crippen molar-refractivity contribution in [1.82, 2.24) is 20.0 Å². The van der Waals surface area contributed by atoms with E-state index < -0.39 is 0 Å². The van der Waals surface area contributed by atoms with Crippen molar-refractivity contribution in [3.63, 3.8) is 0 Å². The lowest BCUT2D eigenvalue weighted by Crippen LogP contribution is -2.53. The van der Waals surface area contributed by atoms with Crippen molar-refractivity contribution < 1.29 is 4.74 Å². The highest BCUT2D eigenvalue weighted by molar-refractivity contribution is 14.0. The van der Waals surface area contributed by atoms with Crippen molar-refractivity contribution in [1.29, 1.82) is 0 Å².